The first-order chi connectivity index (χ1) is 15.7. The van der Waals surface area contributed by atoms with Crippen LogP contribution in [0.3, 0.4) is 0 Å². The van der Waals surface area contributed by atoms with E-state index in [9.17, 15) is 4.79 Å². The number of amides is 1. The molecule has 1 aromatic carbocycles. The van der Waals surface area contributed by atoms with Gasteiger partial charge in [-0.05, 0) is 56.0 Å². The average molecular weight is 430 g/mol. The van der Waals surface area contributed by atoms with Crippen LogP contribution in [0.5, 0.6) is 5.95 Å². The largest absolute Gasteiger partial charge is 0.465 e. The summed E-state index contributed by atoms with van der Waals surface area (Å²) in [5, 5.41) is 1.21. The van der Waals surface area contributed by atoms with Crippen LogP contribution in [0.4, 0.5) is 0 Å². The van der Waals surface area contributed by atoms with Crippen molar-refractivity contribution in [2.45, 2.75) is 32.6 Å². The molecular formula is C26H27N3O3. The molecule has 1 saturated heterocycles. The van der Waals surface area contributed by atoms with E-state index in [0.717, 1.165) is 30.5 Å². The van der Waals surface area contributed by atoms with E-state index < -0.39 is 0 Å². The third kappa shape index (κ3) is 3.66. The number of aromatic nitrogens is 2. The van der Waals surface area contributed by atoms with E-state index in [-0.39, 0.29) is 11.8 Å². The number of ether oxygens (including phenoxy) is 1. The minimum Gasteiger partial charge on any atom is -0.465 e. The van der Waals surface area contributed by atoms with Crippen LogP contribution in [0, 0.1) is 6.92 Å². The topological polar surface area (TPSA) is 71.4 Å². The zero-order chi connectivity index (χ0) is 22.1. The molecule has 0 saturated carbocycles. The number of pyridine rings is 1. The fourth-order valence-electron chi connectivity index (χ4n) is 4.73. The zero-order valence-electron chi connectivity index (χ0n) is 18.4. The van der Waals surface area contributed by atoms with Crippen molar-refractivity contribution in [3.05, 3.63) is 71.9 Å². The molecule has 0 bridgehead atoms. The summed E-state index contributed by atoms with van der Waals surface area (Å²) in [4.78, 5) is 22.9. The number of hydrogen-bond donors (Lipinski definition) is 1. The maximum Gasteiger partial charge on any atom is 0.289 e. The van der Waals surface area contributed by atoms with Crippen LogP contribution >= 0.6 is 0 Å². The number of H-pyrrole nitrogens is 1. The van der Waals surface area contributed by atoms with Gasteiger partial charge in [-0.25, -0.2) is 0 Å². The monoisotopic (exact) mass is 429 g/mol. The first kappa shape index (κ1) is 20.4. The van der Waals surface area contributed by atoms with E-state index in [1.165, 1.54) is 22.2 Å². The van der Waals surface area contributed by atoms with Crippen molar-refractivity contribution in [1.82, 2.24) is 14.9 Å². The normalized spacial score (nSPS) is 16.4. The molecule has 32 heavy (non-hydrogen) atoms. The van der Waals surface area contributed by atoms with Gasteiger partial charge in [0.15, 0.2) is 5.76 Å². The second kappa shape index (κ2) is 8.54. The van der Waals surface area contributed by atoms with Crippen LogP contribution in [-0.4, -0.2) is 40.5 Å². The number of aryl methyl sites for hydroxylation is 1. The van der Waals surface area contributed by atoms with Crippen LogP contribution in [-0.2, 0) is 0 Å². The maximum atomic E-state index is 13.1. The first-order valence-electron chi connectivity index (χ1n) is 11.2. The predicted octanol–water partition coefficient (Wildman–Crippen LogP) is 5.55. The number of piperidine rings is 1. The molecule has 4 aromatic rings. The number of nitrogens with zero attached hydrogens (tertiary/aromatic N) is 2. The van der Waals surface area contributed by atoms with Crippen molar-refractivity contribution in [3.8, 4) is 17.1 Å². The van der Waals surface area contributed by atoms with Crippen LogP contribution in [0.2, 0.25) is 0 Å². The first-order valence-corrected chi connectivity index (χ1v) is 11.2. The summed E-state index contributed by atoms with van der Waals surface area (Å²) in [7, 11) is 0. The lowest BCUT2D eigenvalue weighted by Gasteiger charge is -2.32. The highest BCUT2D eigenvalue weighted by Gasteiger charge is 2.30. The SMILES string of the molecule is CCOc1ccc(C(=O)N2CCC[C@H](c3[nH]c4c(C)cccc4c3-c3ccncc3)C2)o1. The molecule has 3 aromatic heterocycles. The van der Waals surface area contributed by atoms with E-state index in [1.54, 1.807) is 12.1 Å². The molecule has 0 spiro atoms. The Morgan fingerprint density at radius 3 is 2.88 bits per heavy atom. The Morgan fingerprint density at radius 1 is 1.22 bits per heavy atom. The molecule has 1 N–H and O–H groups in total. The van der Waals surface area contributed by atoms with Crippen molar-refractivity contribution < 1.29 is 13.9 Å². The van der Waals surface area contributed by atoms with Gasteiger partial charge in [-0.2, -0.15) is 0 Å². The quantitative estimate of drug-likeness (QED) is 0.451. The second-order valence-corrected chi connectivity index (χ2v) is 8.29. The highest BCUT2D eigenvalue weighted by atomic mass is 16.6. The van der Waals surface area contributed by atoms with E-state index >= 15 is 0 Å². The summed E-state index contributed by atoms with van der Waals surface area (Å²) in [6, 6.07) is 13.9. The Labute approximate surface area is 187 Å². The Hall–Kier alpha value is -3.54. The number of nitrogens with one attached hydrogen (secondary N) is 1. The fourth-order valence-corrected chi connectivity index (χ4v) is 4.73. The number of likely N-dealkylation sites (tertiary alicyclic amines) is 1. The molecule has 6 nitrogen and oxygen atoms in total. The molecule has 0 radical (unpaired) electrons. The van der Waals surface area contributed by atoms with Crippen molar-refractivity contribution in [1.29, 1.82) is 0 Å². The second-order valence-electron chi connectivity index (χ2n) is 8.29. The van der Waals surface area contributed by atoms with Crippen molar-refractivity contribution in [2.75, 3.05) is 19.7 Å². The van der Waals surface area contributed by atoms with Crippen molar-refractivity contribution in [3.63, 3.8) is 0 Å². The Morgan fingerprint density at radius 2 is 2.06 bits per heavy atom. The Bertz CT molecular complexity index is 1240. The van der Waals surface area contributed by atoms with E-state index in [4.69, 9.17) is 9.15 Å². The minimum absolute atomic E-state index is 0.0848. The van der Waals surface area contributed by atoms with Crippen LogP contribution in [0.1, 0.15) is 47.5 Å². The van der Waals surface area contributed by atoms with Gasteiger partial charge < -0.3 is 19.0 Å². The van der Waals surface area contributed by atoms with E-state index in [1.807, 2.05) is 24.2 Å². The van der Waals surface area contributed by atoms with Gasteiger partial charge in [0.1, 0.15) is 0 Å². The summed E-state index contributed by atoms with van der Waals surface area (Å²) < 4.78 is 11.0. The number of hydrogen-bond acceptors (Lipinski definition) is 4. The third-order valence-electron chi connectivity index (χ3n) is 6.24. The molecule has 1 amide bonds. The molecule has 0 aliphatic carbocycles. The van der Waals surface area contributed by atoms with Gasteiger partial charge in [0.05, 0.1) is 6.61 Å². The van der Waals surface area contributed by atoms with Crippen molar-refractivity contribution >= 4 is 16.8 Å². The maximum absolute atomic E-state index is 13.1. The number of rotatable bonds is 5. The Kier molecular flexibility index (Phi) is 5.43. The molecule has 1 aliphatic heterocycles. The van der Waals surface area contributed by atoms with Gasteiger partial charge in [0.25, 0.3) is 11.9 Å². The molecule has 1 fully saturated rings. The lowest BCUT2D eigenvalue weighted by atomic mass is 9.89. The molecule has 1 atom stereocenters. The Balaban J connectivity index is 1.50. The number of carbonyl (C=O) groups is 1. The van der Waals surface area contributed by atoms with Gasteiger partial charge in [-0.3, -0.25) is 9.78 Å². The minimum atomic E-state index is -0.0848. The highest BCUT2D eigenvalue weighted by Crippen LogP contribution is 2.40. The number of benzene rings is 1. The number of aromatic amines is 1. The van der Waals surface area contributed by atoms with Gasteiger partial charge in [-0.15, -0.1) is 0 Å². The lowest BCUT2D eigenvalue weighted by Crippen LogP contribution is -2.39. The fraction of sp³-hybridized carbons (Fsp3) is 0.308. The molecular weight excluding hydrogens is 402 g/mol. The smallest absolute Gasteiger partial charge is 0.289 e. The number of furan rings is 1. The molecule has 0 unspecified atom stereocenters. The summed E-state index contributed by atoms with van der Waals surface area (Å²) in [5.41, 5.74) is 5.91. The third-order valence-corrected chi connectivity index (χ3v) is 6.24. The van der Waals surface area contributed by atoms with Gasteiger partial charge in [0.2, 0.25) is 0 Å². The van der Waals surface area contributed by atoms with Gasteiger partial charge in [0, 0.05) is 59.6 Å². The number of carbonyl (C=O) groups excluding carboxylic acids is 1. The predicted molar refractivity (Wildman–Crippen MR) is 124 cm³/mol. The number of para-hydroxylation sites is 1. The van der Waals surface area contributed by atoms with E-state index in [0.29, 0.717) is 24.9 Å². The zero-order valence-corrected chi connectivity index (χ0v) is 18.4. The summed E-state index contributed by atoms with van der Waals surface area (Å²) in [6.07, 6.45) is 5.63. The summed E-state index contributed by atoms with van der Waals surface area (Å²) in [6.45, 7) is 5.89. The van der Waals surface area contributed by atoms with Crippen LogP contribution in [0.25, 0.3) is 22.0 Å². The average Bonchev–Trinajstić information content (AvgIpc) is 3.45. The molecule has 5 rings (SSSR count). The summed E-state index contributed by atoms with van der Waals surface area (Å²) in [5.74, 6) is 0.841. The highest BCUT2D eigenvalue weighted by molar-refractivity contribution is 5.99. The molecule has 6 heteroatoms. The molecule has 1 aliphatic rings. The van der Waals surface area contributed by atoms with Crippen molar-refractivity contribution in [2.24, 2.45) is 0 Å². The summed E-state index contributed by atoms with van der Waals surface area (Å²) >= 11 is 0. The standard InChI is InChI=1S/C26H27N3O3/c1-3-31-22-10-9-21(32-22)26(30)29-15-5-7-19(16-29)25-23(18-11-13-27-14-12-18)20-8-4-6-17(2)24(20)28-25/h4,6,8-14,19,28H,3,5,7,15-16H2,1-2H3/t19-/m0/s1. The number of fused-ring (bicyclic) bond motifs is 1. The van der Waals surface area contributed by atoms with Crippen LogP contribution < -0.4 is 4.74 Å². The lowest BCUT2D eigenvalue weighted by molar-refractivity contribution is 0.0666. The van der Waals surface area contributed by atoms with Gasteiger partial charge >= 0.3 is 0 Å². The molecule has 164 valence electrons. The van der Waals surface area contributed by atoms with Crippen LogP contribution in [0.15, 0.2) is 59.3 Å². The van der Waals surface area contributed by atoms with Gasteiger partial charge in [-0.1, -0.05) is 18.2 Å². The van der Waals surface area contributed by atoms with E-state index in [2.05, 4.69) is 47.2 Å². The molecule has 4 heterocycles.